The van der Waals surface area contributed by atoms with E-state index in [2.05, 4.69) is 25.2 Å². The van der Waals surface area contributed by atoms with Crippen molar-refractivity contribution in [2.45, 2.75) is 13.0 Å². The van der Waals surface area contributed by atoms with Gasteiger partial charge in [0, 0.05) is 25.5 Å². The summed E-state index contributed by atoms with van der Waals surface area (Å²) in [7, 11) is 1.83. The van der Waals surface area contributed by atoms with E-state index in [1.807, 2.05) is 31.5 Å². The van der Waals surface area contributed by atoms with Crippen LogP contribution in [0.4, 0.5) is 5.82 Å². The highest BCUT2D eigenvalue weighted by Crippen LogP contribution is 2.22. The number of fused-ring (bicyclic) bond motifs is 1. The average molecular weight is 329 g/mol. The third-order valence-corrected chi connectivity index (χ3v) is 4.81. The third-order valence-electron chi connectivity index (χ3n) is 4.04. The number of anilines is 1. The summed E-state index contributed by atoms with van der Waals surface area (Å²) in [6, 6.07) is 3.98. The highest BCUT2D eigenvalue weighted by molar-refractivity contribution is 7.09. The molecule has 0 bridgehead atoms. The number of aromatic nitrogens is 5. The molecule has 1 aliphatic rings. The lowest BCUT2D eigenvalue weighted by molar-refractivity contribution is 0.0699. The number of carbonyl (C=O) groups excluding carboxylic acids is 1. The number of carbonyl (C=O) groups is 1. The molecule has 9 heteroatoms. The first kappa shape index (κ1) is 14.1. The van der Waals surface area contributed by atoms with Gasteiger partial charge in [0.1, 0.15) is 17.8 Å². The Morgan fingerprint density at radius 2 is 2.22 bits per heavy atom. The van der Waals surface area contributed by atoms with Crippen LogP contribution in [0.5, 0.6) is 0 Å². The zero-order valence-electron chi connectivity index (χ0n) is 12.7. The van der Waals surface area contributed by atoms with Crippen molar-refractivity contribution in [1.29, 1.82) is 0 Å². The smallest absolute Gasteiger partial charge is 0.273 e. The first-order valence-electron chi connectivity index (χ1n) is 7.23. The minimum absolute atomic E-state index is 0.0266. The lowest BCUT2D eigenvalue weighted by Gasteiger charge is -2.44. The van der Waals surface area contributed by atoms with E-state index in [1.54, 1.807) is 15.7 Å². The Labute approximate surface area is 136 Å². The molecular formula is C14H15N7OS. The molecule has 1 saturated heterocycles. The van der Waals surface area contributed by atoms with Crippen molar-refractivity contribution in [1.82, 2.24) is 29.7 Å². The number of aryl methyl sites for hydroxylation is 1. The molecule has 3 aromatic heterocycles. The predicted molar refractivity (Wildman–Crippen MR) is 85.7 cm³/mol. The molecule has 4 heterocycles. The zero-order chi connectivity index (χ0) is 16.0. The summed E-state index contributed by atoms with van der Waals surface area (Å²) in [6.45, 7) is 3.41. The summed E-state index contributed by atoms with van der Waals surface area (Å²) < 4.78 is 1.65. The van der Waals surface area contributed by atoms with E-state index >= 15 is 0 Å². The van der Waals surface area contributed by atoms with E-state index in [1.165, 1.54) is 11.3 Å². The van der Waals surface area contributed by atoms with Crippen LogP contribution in [-0.2, 0) is 0 Å². The first-order chi connectivity index (χ1) is 11.1. The Balaban J connectivity index is 1.43. The molecule has 4 rings (SSSR count). The van der Waals surface area contributed by atoms with E-state index < -0.39 is 0 Å². The summed E-state index contributed by atoms with van der Waals surface area (Å²) >= 11 is 1.49. The monoisotopic (exact) mass is 329 g/mol. The third kappa shape index (κ3) is 2.42. The molecule has 1 fully saturated rings. The number of thiazole rings is 1. The van der Waals surface area contributed by atoms with E-state index in [-0.39, 0.29) is 11.9 Å². The quantitative estimate of drug-likeness (QED) is 0.709. The second-order valence-corrected chi connectivity index (χ2v) is 6.61. The Morgan fingerprint density at radius 1 is 1.39 bits per heavy atom. The molecule has 0 N–H and O–H groups in total. The van der Waals surface area contributed by atoms with Gasteiger partial charge in [-0.1, -0.05) is 0 Å². The summed E-state index contributed by atoms with van der Waals surface area (Å²) in [5, 5.41) is 14.9. The summed E-state index contributed by atoms with van der Waals surface area (Å²) in [4.78, 5) is 20.5. The molecule has 118 valence electrons. The van der Waals surface area contributed by atoms with Crippen LogP contribution in [-0.4, -0.2) is 61.8 Å². The van der Waals surface area contributed by atoms with Crippen LogP contribution in [0.3, 0.4) is 0 Å². The van der Waals surface area contributed by atoms with Crippen molar-refractivity contribution in [2.24, 2.45) is 0 Å². The van der Waals surface area contributed by atoms with Crippen molar-refractivity contribution in [3.63, 3.8) is 0 Å². The molecule has 23 heavy (non-hydrogen) atoms. The number of amides is 1. The maximum absolute atomic E-state index is 12.4. The summed E-state index contributed by atoms with van der Waals surface area (Å²) in [6.07, 6.45) is 1.58. The number of rotatable bonds is 3. The number of hydrogen-bond donors (Lipinski definition) is 0. The lowest BCUT2D eigenvalue weighted by atomic mass is 10.1. The molecular weight excluding hydrogens is 314 g/mol. The van der Waals surface area contributed by atoms with Crippen LogP contribution in [0, 0.1) is 6.92 Å². The van der Waals surface area contributed by atoms with Crippen LogP contribution >= 0.6 is 11.3 Å². The highest BCUT2D eigenvalue weighted by Gasteiger charge is 2.34. The van der Waals surface area contributed by atoms with Gasteiger partial charge in [-0.15, -0.1) is 26.6 Å². The van der Waals surface area contributed by atoms with Crippen molar-refractivity contribution in [2.75, 3.05) is 25.0 Å². The van der Waals surface area contributed by atoms with E-state index in [0.717, 1.165) is 29.6 Å². The van der Waals surface area contributed by atoms with Crippen molar-refractivity contribution in [3.8, 4) is 0 Å². The summed E-state index contributed by atoms with van der Waals surface area (Å²) in [5.74, 6) is 0.833. The van der Waals surface area contributed by atoms with E-state index in [0.29, 0.717) is 5.69 Å². The molecule has 1 amide bonds. The number of nitrogens with zero attached hydrogens (tertiary/aromatic N) is 7. The topological polar surface area (TPSA) is 79.5 Å². The fourth-order valence-electron chi connectivity index (χ4n) is 2.58. The molecule has 0 saturated carbocycles. The fourth-order valence-corrected chi connectivity index (χ4v) is 3.17. The highest BCUT2D eigenvalue weighted by atomic mass is 32.1. The Bertz CT molecular complexity index is 867. The van der Waals surface area contributed by atoms with Gasteiger partial charge in [-0.3, -0.25) is 4.79 Å². The SMILES string of the molecule is Cc1nc(C(=O)N(C)C2CN(c3ccc4nncn4n3)C2)cs1. The van der Waals surface area contributed by atoms with Crippen molar-refractivity contribution in [3.05, 3.63) is 34.5 Å². The molecule has 8 nitrogen and oxygen atoms in total. The molecule has 0 unspecified atom stereocenters. The second-order valence-electron chi connectivity index (χ2n) is 5.55. The molecule has 1 aliphatic heterocycles. The summed E-state index contributed by atoms with van der Waals surface area (Å²) in [5.41, 5.74) is 1.24. The van der Waals surface area contributed by atoms with Gasteiger partial charge >= 0.3 is 0 Å². The maximum atomic E-state index is 12.4. The molecule has 0 aromatic carbocycles. The van der Waals surface area contributed by atoms with Gasteiger partial charge in [0.25, 0.3) is 5.91 Å². The maximum Gasteiger partial charge on any atom is 0.273 e. The lowest BCUT2D eigenvalue weighted by Crippen LogP contribution is -2.60. The Kier molecular flexibility index (Phi) is 3.22. The van der Waals surface area contributed by atoms with Crippen molar-refractivity contribution < 1.29 is 4.79 Å². The number of likely N-dealkylation sites (N-methyl/N-ethyl adjacent to an activating group) is 1. The molecule has 0 aliphatic carbocycles. The molecule has 0 atom stereocenters. The minimum atomic E-state index is -0.0266. The van der Waals surface area contributed by atoms with Gasteiger partial charge in [-0.05, 0) is 19.1 Å². The molecule has 3 aromatic rings. The average Bonchev–Trinajstić information content (AvgIpc) is 3.13. The number of hydrogen-bond acceptors (Lipinski definition) is 7. The largest absolute Gasteiger partial charge is 0.351 e. The van der Waals surface area contributed by atoms with Crippen LogP contribution in [0.25, 0.3) is 5.65 Å². The Hall–Kier alpha value is -2.55. The van der Waals surface area contributed by atoms with Crippen LogP contribution in [0.15, 0.2) is 23.8 Å². The second kappa shape index (κ2) is 5.27. The molecule has 0 radical (unpaired) electrons. The normalized spacial score (nSPS) is 15.0. The Morgan fingerprint density at radius 3 is 2.96 bits per heavy atom. The van der Waals surface area contributed by atoms with Gasteiger partial charge in [-0.2, -0.15) is 4.52 Å². The van der Waals surface area contributed by atoms with Gasteiger partial charge < -0.3 is 9.80 Å². The molecule has 0 spiro atoms. The van der Waals surface area contributed by atoms with Crippen LogP contribution in [0.2, 0.25) is 0 Å². The fraction of sp³-hybridized carbons (Fsp3) is 0.357. The zero-order valence-corrected chi connectivity index (χ0v) is 13.6. The van der Waals surface area contributed by atoms with Gasteiger partial charge in [0.2, 0.25) is 0 Å². The van der Waals surface area contributed by atoms with E-state index in [9.17, 15) is 4.79 Å². The minimum Gasteiger partial charge on any atom is -0.351 e. The van der Waals surface area contributed by atoms with Crippen LogP contribution in [0.1, 0.15) is 15.5 Å². The van der Waals surface area contributed by atoms with Gasteiger partial charge in [0.05, 0.1) is 11.0 Å². The van der Waals surface area contributed by atoms with E-state index in [4.69, 9.17) is 0 Å². The van der Waals surface area contributed by atoms with Crippen molar-refractivity contribution >= 4 is 28.7 Å². The van der Waals surface area contributed by atoms with Crippen LogP contribution < -0.4 is 4.90 Å². The predicted octanol–water partition coefficient (Wildman–Crippen LogP) is 0.850. The first-order valence-corrected chi connectivity index (χ1v) is 8.11. The van der Waals surface area contributed by atoms with Gasteiger partial charge in [-0.25, -0.2) is 4.98 Å². The van der Waals surface area contributed by atoms with Gasteiger partial charge in [0.15, 0.2) is 5.65 Å². The standard InChI is InChI=1S/C14H15N7OS/c1-9-16-11(7-23-9)14(22)19(2)10-5-20(6-10)13-4-3-12-17-15-8-21(12)18-13/h3-4,7-8,10H,5-6H2,1-2H3.